The number of ether oxygens (including phenoxy) is 1. The van der Waals surface area contributed by atoms with Crippen molar-refractivity contribution >= 4 is 28.9 Å². The SMILES string of the molecule is COCc1cccc(NC(=O)c2cccc(Cl)c2N)c1. The molecular formula is C15H15ClN2O2. The minimum absolute atomic E-state index is 0.278. The summed E-state index contributed by atoms with van der Waals surface area (Å²) < 4.78 is 5.06. The summed E-state index contributed by atoms with van der Waals surface area (Å²) in [6.45, 7) is 0.489. The number of rotatable bonds is 4. The van der Waals surface area contributed by atoms with Gasteiger partial charge in [0.25, 0.3) is 5.91 Å². The molecule has 0 bridgehead atoms. The lowest BCUT2D eigenvalue weighted by Crippen LogP contribution is -2.14. The highest BCUT2D eigenvalue weighted by Gasteiger charge is 2.12. The third-order valence-electron chi connectivity index (χ3n) is 2.79. The molecule has 3 N–H and O–H groups in total. The van der Waals surface area contributed by atoms with Crippen LogP contribution in [0.3, 0.4) is 0 Å². The van der Waals surface area contributed by atoms with Crippen LogP contribution < -0.4 is 11.1 Å². The first-order valence-electron chi connectivity index (χ1n) is 6.05. The van der Waals surface area contributed by atoms with E-state index < -0.39 is 0 Å². The Bertz CT molecular complexity index is 629. The fourth-order valence-electron chi connectivity index (χ4n) is 1.84. The Morgan fingerprint density at radius 3 is 2.80 bits per heavy atom. The first kappa shape index (κ1) is 14.4. The second kappa shape index (κ2) is 6.41. The van der Waals surface area contributed by atoms with Crippen molar-refractivity contribution in [2.75, 3.05) is 18.2 Å². The average Bonchev–Trinajstić information content (AvgIpc) is 2.42. The topological polar surface area (TPSA) is 64.3 Å². The van der Waals surface area contributed by atoms with Gasteiger partial charge in [-0.25, -0.2) is 0 Å². The van der Waals surface area contributed by atoms with E-state index in [9.17, 15) is 4.79 Å². The van der Waals surface area contributed by atoms with E-state index in [1.54, 1.807) is 31.4 Å². The lowest BCUT2D eigenvalue weighted by molar-refractivity contribution is 0.102. The maximum atomic E-state index is 12.2. The summed E-state index contributed by atoms with van der Waals surface area (Å²) in [5, 5.41) is 3.16. The minimum atomic E-state index is -0.292. The number of para-hydroxylation sites is 1. The van der Waals surface area contributed by atoms with Crippen molar-refractivity contribution in [2.24, 2.45) is 0 Å². The van der Waals surface area contributed by atoms with Gasteiger partial charge in [0.1, 0.15) is 0 Å². The number of nitrogens with one attached hydrogen (secondary N) is 1. The molecule has 0 aliphatic carbocycles. The molecule has 0 saturated heterocycles. The Labute approximate surface area is 122 Å². The van der Waals surface area contributed by atoms with Crippen LogP contribution in [-0.2, 0) is 11.3 Å². The molecule has 1 amide bonds. The molecular weight excluding hydrogens is 276 g/mol. The maximum absolute atomic E-state index is 12.2. The number of hydrogen-bond donors (Lipinski definition) is 2. The number of hydrogen-bond acceptors (Lipinski definition) is 3. The highest BCUT2D eigenvalue weighted by molar-refractivity contribution is 6.34. The number of nitrogens with two attached hydrogens (primary N) is 1. The van der Waals surface area contributed by atoms with Crippen molar-refractivity contribution in [3.63, 3.8) is 0 Å². The van der Waals surface area contributed by atoms with E-state index >= 15 is 0 Å². The molecule has 0 aliphatic heterocycles. The van der Waals surface area contributed by atoms with E-state index in [1.165, 1.54) is 0 Å². The average molecular weight is 291 g/mol. The predicted octanol–water partition coefficient (Wildman–Crippen LogP) is 3.32. The number of benzene rings is 2. The van der Waals surface area contributed by atoms with Gasteiger partial charge in [0, 0.05) is 12.8 Å². The lowest BCUT2D eigenvalue weighted by atomic mass is 10.1. The molecule has 104 valence electrons. The van der Waals surface area contributed by atoms with Crippen molar-refractivity contribution in [1.29, 1.82) is 0 Å². The van der Waals surface area contributed by atoms with Crippen molar-refractivity contribution in [2.45, 2.75) is 6.61 Å². The number of nitrogen functional groups attached to an aromatic ring is 1. The molecule has 0 atom stereocenters. The summed E-state index contributed by atoms with van der Waals surface area (Å²) in [7, 11) is 1.62. The summed E-state index contributed by atoms with van der Waals surface area (Å²) >= 11 is 5.91. The predicted molar refractivity (Wildman–Crippen MR) is 81.0 cm³/mol. The van der Waals surface area contributed by atoms with Gasteiger partial charge in [-0.15, -0.1) is 0 Å². The van der Waals surface area contributed by atoms with Crippen LogP contribution in [0.2, 0.25) is 5.02 Å². The van der Waals surface area contributed by atoms with Crippen LogP contribution in [0.5, 0.6) is 0 Å². The van der Waals surface area contributed by atoms with Crippen LogP contribution in [-0.4, -0.2) is 13.0 Å². The molecule has 0 fully saturated rings. The van der Waals surface area contributed by atoms with Crippen LogP contribution >= 0.6 is 11.6 Å². The Morgan fingerprint density at radius 1 is 1.30 bits per heavy atom. The van der Waals surface area contributed by atoms with Gasteiger partial charge in [-0.05, 0) is 29.8 Å². The van der Waals surface area contributed by atoms with Crippen LogP contribution in [0.4, 0.5) is 11.4 Å². The zero-order valence-corrected chi connectivity index (χ0v) is 11.8. The van der Waals surface area contributed by atoms with Gasteiger partial charge in [-0.1, -0.05) is 29.8 Å². The van der Waals surface area contributed by atoms with Crippen LogP contribution in [0, 0.1) is 0 Å². The first-order valence-corrected chi connectivity index (χ1v) is 6.43. The smallest absolute Gasteiger partial charge is 0.257 e. The van der Waals surface area contributed by atoms with Crippen LogP contribution in [0.15, 0.2) is 42.5 Å². The van der Waals surface area contributed by atoms with Crippen molar-refractivity contribution in [3.8, 4) is 0 Å². The Kier molecular flexibility index (Phi) is 4.61. The second-order valence-corrected chi connectivity index (χ2v) is 4.70. The van der Waals surface area contributed by atoms with Crippen LogP contribution in [0.1, 0.15) is 15.9 Å². The van der Waals surface area contributed by atoms with Gasteiger partial charge in [0.05, 0.1) is 22.9 Å². The third kappa shape index (κ3) is 3.29. The minimum Gasteiger partial charge on any atom is -0.397 e. The fourth-order valence-corrected chi connectivity index (χ4v) is 2.01. The molecule has 20 heavy (non-hydrogen) atoms. The largest absolute Gasteiger partial charge is 0.397 e. The maximum Gasteiger partial charge on any atom is 0.257 e. The Hall–Kier alpha value is -2.04. The van der Waals surface area contributed by atoms with Crippen LogP contribution in [0.25, 0.3) is 0 Å². The quantitative estimate of drug-likeness (QED) is 0.849. The summed E-state index contributed by atoms with van der Waals surface area (Å²) in [6, 6.07) is 12.4. The summed E-state index contributed by atoms with van der Waals surface area (Å²) in [5.41, 5.74) is 8.10. The number of carbonyl (C=O) groups is 1. The molecule has 0 saturated carbocycles. The molecule has 2 aromatic carbocycles. The van der Waals surface area contributed by atoms with Crippen molar-refractivity contribution < 1.29 is 9.53 Å². The number of amides is 1. The zero-order valence-electron chi connectivity index (χ0n) is 11.0. The Morgan fingerprint density at radius 2 is 2.05 bits per heavy atom. The summed E-state index contributed by atoms with van der Waals surface area (Å²) in [5.74, 6) is -0.292. The van der Waals surface area contributed by atoms with Gasteiger partial charge in [0.15, 0.2) is 0 Å². The number of carbonyl (C=O) groups excluding carboxylic acids is 1. The fraction of sp³-hybridized carbons (Fsp3) is 0.133. The number of anilines is 2. The van der Waals surface area contributed by atoms with E-state index in [1.807, 2.05) is 18.2 Å². The third-order valence-corrected chi connectivity index (χ3v) is 3.12. The van der Waals surface area contributed by atoms with Gasteiger partial charge >= 0.3 is 0 Å². The van der Waals surface area contributed by atoms with Gasteiger partial charge in [-0.3, -0.25) is 4.79 Å². The number of methoxy groups -OCH3 is 1. The van der Waals surface area contributed by atoms with Gasteiger partial charge in [0.2, 0.25) is 0 Å². The molecule has 4 nitrogen and oxygen atoms in total. The van der Waals surface area contributed by atoms with Crippen molar-refractivity contribution in [3.05, 3.63) is 58.6 Å². The van der Waals surface area contributed by atoms with E-state index in [2.05, 4.69) is 5.32 Å². The van der Waals surface area contributed by atoms with Gasteiger partial charge in [-0.2, -0.15) is 0 Å². The lowest BCUT2D eigenvalue weighted by Gasteiger charge is -2.09. The molecule has 2 rings (SSSR count). The van der Waals surface area contributed by atoms with E-state index in [0.717, 1.165) is 5.56 Å². The molecule has 0 heterocycles. The molecule has 0 aromatic heterocycles. The zero-order chi connectivity index (χ0) is 14.5. The number of halogens is 1. The molecule has 0 aliphatic rings. The van der Waals surface area contributed by atoms with Gasteiger partial charge < -0.3 is 15.8 Å². The molecule has 5 heteroatoms. The highest BCUT2D eigenvalue weighted by atomic mass is 35.5. The molecule has 0 radical (unpaired) electrons. The molecule has 2 aromatic rings. The van der Waals surface area contributed by atoms with E-state index in [0.29, 0.717) is 22.9 Å². The Balaban J connectivity index is 2.19. The normalized spacial score (nSPS) is 10.3. The standard InChI is InChI=1S/C15H15ClN2O2/c1-20-9-10-4-2-5-11(8-10)18-15(19)12-6-3-7-13(16)14(12)17/h2-8H,9,17H2,1H3,(H,18,19). The second-order valence-electron chi connectivity index (χ2n) is 4.29. The highest BCUT2D eigenvalue weighted by Crippen LogP contribution is 2.23. The van der Waals surface area contributed by atoms with Crippen molar-refractivity contribution in [1.82, 2.24) is 0 Å². The summed E-state index contributed by atoms with van der Waals surface area (Å²) in [6.07, 6.45) is 0. The van der Waals surface area contributed by atoms with E-state index in [4.69, 9.17) is 22.1 Å². The van der Waals surface area contributed by atoms with E-state index in [-0.39, 0.29) is 11.6 Å². The summed E-state index contributed by atoms with van der Waals surface area (Å²) in [4.78, 5) is 12.2. The molecule has 0 spiro atoms. The monoisotopic (exact) mass is 290 g/mol. The first-order chi connectivity index (χ1) is 9.61. The molecule has 0 unspecified atom stereocenters.